The molecular formula is C25H30N6O2S. The monoisotopic (exact) mass is 478 g/mol. The summed E-state index contributed by atoms with van der Waals surface area (Å²) in [6.07, 6.45) is 11.5. The summed E-state index contributed by atoms with van der Waals surface area (Å²) in [4.78, 5) is 39.7. The molecule has 9 heteroatoms. The zero-order valence-electron chi connectivity index (χ0n) is 19.7. The molecule has 0 aliphatic heterocycles. The van der Waals surface area contributed by atoms with E-state index in [0.717, 1.165) is 21.0 Å². The SMILES string of the molecule is CC1(C)Cc2cnc(N)nc2-c2n[nH]c(C(=O)Cc3ncc(CC(=O)CC4CCCCC4)s3)c21. The second-order valence-corrected chi connectivity index (χ2v) is 11.4. The Hall–Kier alpha value is -2.94. The van der Waals surface area contributed by atoms with Gasteiger partial charge in [0.05, 0.1) is 12.1 Å². The van der Waals surface area contributed by atoms with Crippen LogP contribution < -0.4 is 5.73 Å². The van der Waals surface area contributed by atoms with Crippen LogP contribution in [0, 0.1) is 5.92 Å². The number of Topliss-reactive ketones (excluding diaryl/α,β-unsaturated/α-hetero) is 2. The molecule has 0 spiro atoms. The Morgan fingerprint density at radius 1 is 1.12 bits per heavy atom. The Bertz CT molecular complexity index is 1240. The Labute approximate surface area is 202 Å². The van der Waals surface area contributed by atoms with Crippen LogP contribution in [-0.2, 0) is 29.5 Å². The van der Waals surface area contributed by atoms with E-state index in [-0.39, 0.29) is 29.4 Å². The first-order chi connectivity index (χ1) is 16.3. The maximum Gasteiger partial charge on any atom is 0.220 e. The molecule has 0 radical (unpaired) electrons. The summed E-state index contributed by atoms with van der Waals surface area (Å²) in [5.74, 6) is 0.934. The number of fused-ring (bicyclic) bond motifs is 3. The van der Waals surface area contributed by atoms with Crippen molar-refractivity contribution in [3.8, 4) is 11.4 Å². The number of ketones is 2. The van der Waals surface area contributed by atoms with Gasteiger partial charge in [0.1, 0.15) is 22.2 Å². The summed E-state index contributed by atoms with van der Waals surface area (Å²) in [5.41, 5.74) is 9.18. The molecule has 0 saturated heterocycles. The minimum Gasteiger partial charge on any atom is -0.368 e. The molecule has 1 saturated carbocycles. The Morgan fingerprint density at radius 2 is 1.91 bits per heavy atom. The number of hydrogen-bond donors (Lipinski definition) is 2. The number of nitrogens with zero attached hydrogens (tertiary/aromatic N) is 4. The van der Waals surface area contributed by atoms with Gasteiger partial charge < -0.3 is 5.73 Å². The first-order valence-electron chi connectivity index (χ1n) is 12.0. The van der Waals surface area contributed by atoms with Gasteiger partial charge in [0.2, 0.25) is 5.95 Å². The second kappa shape index (κ2) is 9.02. The van der Waals surface area contributed by atoms with Crippen molar-refractivity contribution in [2.45, 2.75) is 77.0 Å². The molecule has 3 N–H and O–H groups in total. The normalized spacial score (nSPS) is 17.2. The van der Waals surface area contributed by atoms with E-state index in [4.69, 9.17) is 5.73 Å². The van der Waals surface area contributed by atoms with Gasteiger partial charge in [0.15, 0.2) is 5.78 Å². The minimum atomic E-state index is -0.306. The van der Waals surface area contributed by atoms with Gasteiger partial charge in [-0.05, 0) is 23.3 Å². The fourth-order valence-electron chi connectivity index (χ4n) is 5.41. The number of anilines is 1. The van der Waals surface area contributed by atoms with Gasteiger partial charge in [0, 0.05) is 35.7 Å². The van der Waals surface area contributed by atoms with Gasteiger partial charge in [-0.15, -0.1) is 11.3 Å². The summed E-state index contributed by atoms with van der Waals surface area (Å²) in [6.45, 7) is 4.19. The average molecular weight is 479 g/mol. The van der Waals surface area contributed by atoms with E-state index in [1.165, 1.54) is 43.4 Å². The van der Waals surface area contributed by atoms with Crippen LogP contribution >= 0.6 is 11.3 Å². The number of nitrogens with one attached hydrogen (secondary N) is 1. The summed E-state index contributed by atoms with van der Waals surface area (Å²) >= 11 is 1.45. The van der Waals surface area contributed by atoms with Crippen molar-refractivity contribution < 1.29 is 9.59 Å². The minimum absolute atomic E-state index is 0.0678. The van der Waals surface area contributed by atoms with Gasteiger partial charge in [-0.1, -0.05) is 46.0 Å². The van der Waals surface area contributed by atoms with E-state index in [1.807, 2.05) is 0 Å². The molecule has 0 amide bonds. The molecule has 2 aliphatic carbocycles. The highest BCUT2D eigenvalue weighted by Gasteiger charge is 2.38. The standard InChI is InChI=1S/C25H30N6O2S/c1-25(2)11-15-12-28-24(26)29-21(15)23-20(25)22(30-31-23)18(33)10-19-27-13-17(34-19)9-16(32)8-14-6-4-3-5-7-14/h12-14H,3-11H2,1-2H3,(H,30,31)(H2,26,28,29). The number of rotatable bonds is 7. The number of nitrogens with two attached hydrogens (primary N) is 1. The Kier molecular flexibility index (Phi) is 6.06. The van der Waals surface area contributed by atoms with Crippen LogP contribution in [0.25, 0.3) is 11.4 Å². The van der Waals surface area contributed by atoms with Crippen molar-refractivity contribution in [3.63, 3.8) is 0 Å². The maximum atomic E-state index is 13.3. The molecule has 3 heterocycles. The zero-order valence-corrected chi connectivity index (χ0v) is 20.5. The number of nitrogen functional groups attached to an aromatic ring is 1. The van der Waals surface area contributed by atoms with Crippen LogP contribution in [0.4, 0.5) is 5.95 Å². The molecular weight excluding hydrogens is 448 g/mol. The lowest BCUT2D eigenvalue weighted by atomic mass is 9.73. The summed E-state index contributed by atoms with van der Waals surface area (Å²) in [7, 11) is 0. The molecule has 8 nitrogen and oxygen atoms in total. The van der Waals surface area contributed by atoms with Crippen LogP contribution in [0.5, 0.6) is 0 Å². The van der Waals surface area contributed by atoms with Crippen LogP contribution in [0.2, 0.25) is 0 Å². The lowest BCUT2D eigenvalue weighted by Crippen LogP contribution is -2.28. The predicted octanol–water partition coefficient (Wildman–Crippen LogP) is 4.25. The number of aromatic nitrogens is 5. The molecule has 0 unspecified atom stereocenters. The van der Waals surface area contributed by atoms with E-state index in [1.54, 1.807) is 12.4 Å². The van der Waals surface area contributed by atoms with Gasteiger partial charge in [0.25, 0.3) is 0 Å². The van der Waals surface area contributed by atoms with Crippen molar-refractivity contribution in [2.75, 3.05) is 5.73 Å². The van der Waals surface area contributed by atoms with E-state index in [0.29, 0.717) is 42.3 Å². The highest BCUT2D eigenvalue weighted by molar-refractivity contribution is 7.11. The molecule has 178 valence electrons. The van der Waals surface area contributed by atoms with E-state index in [9.17, 15) is 9.59 Å². The summed E-state index contributed by atoms with van der Waals surface area (Å²) in [5, 5.41) is 8.12. The highest BCUT2D eigenvalue weighted by atomic mass is 32.1. The fourth-order valence-corrected chi connectivity index (χ4v) is 6.36. The van der Waals surface area contributed by atoms with Crippen molar-refractivity contribution in [2.24, 2.45) is 5.92 Å². The third-order valence-electron chi connectivity index (χ3n) is 6.99. The zero-order chi connectivity index (χ0) is 23.9. The highest BCUT2D eigenvalue weighted by Crippen LogP contribution is 2.43. The van der Waals surface area contributed by atoms with Crippen LogP contribution in [0.3, 0.4) is 0 Å². The van der Waals surface area contributed by atoms with Crippen molar-refractivity contribution in [1.82, 2.24) is 25.1 Å². The predicted molar refractivity (Wildman–Crippen MR) is 131 cm³/mol. The number of thiazole rings is 1. The molecule has 1 fully saturated rings. The maximum absolute atomic E-state index is 13.3. The van der Waals surface area contributed by atoms with E-state index < -0.39 is 0 Å². The third-order valence-corrected chi connectivity index (χ3v) is 7.98. The molecule has 0 bridgehead atoms. The molecule has 34 heavy (non-hydrogen) atoms. The van der Waals surface area contributed by atoms with Crippen molar-refractivity contribution >= 4 is 28.9 Å². The van der Waals surface area contributed by atoms with Crippen LogP contribution in [0.15, 0.2) is 12.4 Å². The van der Waals surface area contributed by atoms with Crippen LogP contribution in [-0.4, -0.2) is 36.7 Å². The number of H-pyrrole nitrogens is 1. The van der Waals surface area contributed by atoms with E-state index >= 15 is 0 Å². The van der Waals surface area contributed by atoms with Crippen molar-refractivity contribution in [1.29, 1.82) is 0 Å². The second-order valence-electron chi connectivity index (χ2n) is 10.2. The average Bonchev–Trinajstić information content (AvgIpc) is 3.43. The quantitative estimate of drug-likeness (QED) is 0.486. The van der Waals surface area contributed by atoms with E-state index in [2.05, 4.69) is 39.0 Å². The van der Waals surface area contributed by atoms with Gasteiger partial charge in [-0.3, -0.25) is 14.7 Å². The summed E-state index contributed by atoms with van der Waals surface area (Å²) < 4.78 is 0. The van der Waals surface area contributed by atoms with Gasteiger partial charge >= 0.3 is 0 Å². The Morgan fingerprint density at radius 3 is 2.71 bits per heavy atom. The first kappa shape index (κ1) is 22.8. The molecule has 2 aliphatic rings. The number of carbonyl (C=O) groups excluding carboxylic acids is 2. The Balaban J connectivity index is 1.30. The number of carbonyl (C=O) groups is 2. The van der Waals surface area contributed by atoms with Gasteiger partial charge in [-0.2, -0.15) is 5.10 Å². The number of hydrogen-bond acceptors (Lipinski definition) is 8. The topological polar surface area (TPSA) is 128 Å². The number of aromatic amines is 1. The largest absolute Gasteiger partial charge is 0.368 e. The lowest BCUT2D eigenvalue weighted by molar-refractivity contribution is -0.119. The fraction of sp³-hybridized carbons (Fsp3) is 0.520. The molecule has 3 aromatic rings. The molecule has 5 rings (SSSR count). The first-order valence-corrected chi connectivity index (χ1v) is 12.8. The molecule has 0 aromatic carbocycles. The summed E-state index contributed by atoms with van der Waals surface area (Å²) in [6, 6.07) is 0. The van der Waals surface area contributed by atoms with Crippen LogP contribution in [0.1, 0.15) is 83.9 Å². The van der Waals surface area contributed by atoms with Gasteiger partial charge in [-0.25, -0.2) is 15.0 Å². The lowest BCUT2D eigenvalue weighted by Gasteiger charge is -2.30. The van der Waals surface area contributed by atoms with Crippen molar-refractivity contribution in [3.05, 3.63) is 39.1 Å². The molecule has 0 atom stereocenters. The smallest absolute Gasteiger partial charge is 0.220 e. The third kappa shape index (κ3) is 4.53. The molecule has 3 aromatic heterocycles.